The van der Waals surface area contributed by atoms with Gasteiger partial charge in [0.05, 0.1) is 22.6 Å². The van der Waals surface area contributed by atoms with Crippen molar-refractivity contribution in [2.75, 3.05) is 38.6 Å². The number of nitrogens with one attached hydrogen (secondary N) is 2. The number of carbonyl (C=O) groups is 2. The molecular formula is C27H37ClN4O6S. The standard InChI is InChI=1S/C27H37ClN4O6S/c1-17(2)29-27(34)32-14-18(3)25(37-6)15-31(5)26(33)23-13-21(9-12-24(23)38-16-19(32)4)30-39(35,36)22-10-7-20(28)8-11-22/h7-13,17-19,25,30H,14-16H2,1-6H3,(H,29,34)/t18-,19-,25-/m1/s1. The first kappa shape index (κ1) is 30.5. The molecule has 2 N–H and O–H groups in total. The SMILES string of the molecule is CO[C@@H]1CN(C)C(=O)c2cc(NS(=O)(=O)c3ccc(Cl)cc3)ccc2OC[C@@H](C)N(C(=O)NC(C)C)C[C@H]1C. The third-order valence-electron chi connectivity index (χ3n) is 6.49. The molecule has 3 atom stereocenters. The fraction of sp³-hybridized carbons (Fsp3) is 0.481. The number of urea groups is 1. The van der Waals surface area contributed by atoms with Crippen molar-refractivity contribution < 1.29 is 27.5 Å². The van der Waals surface area contributed by atoms with Gasteiger partial charge in [0.1, 0.15) is 12.4 Å². The Morgan fingerprint density at radius 3 is 2.41 bits per heavy atom. The number of benzene rings is 2. The number of rotatable bonds is 5. The van der Waals surface area contributed by atoms with Gasteiger partial charge < -0.3 is 24.6 Å². The van der Waals surface area contributed by atoms with Crippen LogP contribution in [0.2, 0.25) is 5.02 Å². The molecule has 3 amide bonds. The van der Waals surface area contributed by atoms with Gasteiger partial charge in [-0.2, -0.15) is 0 Å². The predicted molar refractivity (Wildman–Crippen MR) is 151 cm³/mol. The smallest absolute Gasteiger partial charge is 0.317 e. The van der Waals surface area contributed by atoms with Gasteiger partial charge in [0.2, 0.25) is 0 Å². The maximum absolute atomic E-state index is 13.5. The van der Waals surface area contributed by atoms with E-state index >= 15 is 0 Å². The lowest BCUT2D eigenvalue weighted by Gasteiger charge is -2.36. The van der Waals surface area contributed by atoms with Gasteiger partial charge in [-0.05, 0) is 63.2 Å². The molecule has 0 saturated heterocycles. The molecule has 3 rings (SSSR count). The fourth-order valence-corrected chi connectivity index (χ4v) is 5.46. The quantitative estimate of drug-likeness (QED) is 0.551. The number of anilines is 1. The number of likely N-dealkylation sites (N-methyl/N-ethyl adjacent to an activating group) is 1. The lowest BCUT2D eigenvalue weighted by Crippen LogP contribution is -2.52. The molecule has 0 unspecified atom stereocenters. The summed E-state index contributed by atoms with van der Waals surface area (Å²) in [5.74, 6) is -0.170. The second kappa shape index (κ2) is 12.9. The van der Waals surface area contributed by atoms with E-state index < -0.39 is 10.0 Å². The molecule has 39 heavy (non-hydrogen) atoms. The summed E-state index contributed by atoms with van der Waals surface area (Å²) in [7, 11) is -0.705. The third-order valence-corrected chi connectivity index (χ3v) is 8.14. The Kier molecular flexibility index (Phi) is 10.1. The number of hydrogen-bond acceptors (Lipinski definition) is 6. The highest BCUT2D eigenvalue weighted by Crippen LogP contribution is 2.28. The van der Waals surface area contributed by atoms with Crippen LogP contribution < -0.4 is 14.8 Å². The summed E-state index contributed by atoms with van der Waals surface area (Å²) in [6, 6.07) is 9.72. The molecule has 0 radical (unpaired) electrons. The Balaban J connectivity index is 1.97. The van der Waals surface area contributed by atoms with Crippen molar-refractivity contribution in [3.05, 3.63) is 53.1 Å². The summed E-state index contributed by atoms with van der Waals surface area (Å²) >= 11 is 5.89. The van der Waals surface area contributed by atoms with Gasteiger partial charge in [0.15, 0.2) is 0 Å². The van der Waals surface area contributed by atoms with Crippen molar-refractivity contribution >= 4 is 39.2 Å². The molecule has 2 aromatic carbocycles. The van der Waals surface area contributed by atoms with Crippen LogP contribution in [0.25, 0.3) is 0 Å². The minimum absolute atomic E-state index is 0.0323. The summed E-state index contributed by atoms with van der Waals surface area (Å²) < 4.78 is 40.2. The topological polar surface area (TPSA) is 117 Å². The molecule has 0 spiro atoms. The van der Waals surface area contributed by atoms with Crippen molar-refractivity contribution in [2.45, 2.75) is 50.8 Å². The number of fused-ring (bicyclic) bond motifs is 1. The molecule has 0 aromatic heterocycles. The Labute approximate surface area is 235 Å². The van der Waals surface area contributed by atoms with Crippen molar-refractivity contribution in [1.29, 1.82) is 0 Å². The zero-order valence-electron chi connectivity index (χ0n) is 23.1. The van der Waals surface area contributed by atoms with Crippen LogP contribution in [0, 0.1) is 5.92 Å². The van der Waals surface area contributed by atoms with Crippen LogP contribution in [0.1, 0.15) is 38.1 Å². The molecule has 1 aliphatic rings. The monoisotopic (exact) mass is 580 g/mol. The second-order valence-electron chi connectivity index (χ2n) is 10.1. The normalized spacial score (nSPS) is 20.9. The molecular weight excluding hydrogens is 544 g/mol. The van der Waals surface area contributed by atoms with Crippen LogP contribution in [0.3, 0.4) is 0 Å². The molecule has 2 aromatic rings. The Morgan fingerprint density at radius 2 is 1.79 bits per heavy atom. The molecule has 214 valence electrons. The van der Waals surface area contributed by atoms with E-state index in [2.05, 4.69) is 10.0 Å². The number of amides is 3. The lowest BCUT2D eigenvalue weighted by atomic mass is 10.0. The number of ether oxygens (including phenoxy) is 2. The first-order chi connectivity index (χ1) is 18.3. The fourth-order valence-electron chi connectivity index (χ4n) is 4.28. The second-order valence-corrected chi connectivity index (χ2v) is 12.2. The van der Waals surface area contributed by atoms with E-state index in [-0.39, 0.29) is 71.1 Å². The number of methoxy groups -OCH3 is 1. The molecule has 0 fully saturated rings. The highest BCUT2D eigenvalue weighted by atomic mass is 35.5. The van der Waals surface area contributed by atoms with Crippen LogP contribution >= 0.6 is 11.6 Å². The van der Waals surface area contributed by atoms with Crippen LogP contribution in [0.4, 0.5) is 10.5 Å². The van der Waals surface area contributed by atoms with Crippen LogP contribution in [0.15, 0.2) is 47.4 Å². The van der Waals surface area contributed by atoms with E-state index in [0.29, 0.717) is 11.6 Å². The summed E-state index contributed by atoms with van der Waals surface area (Å²) in [6.45, 7) is 8.42. The van der Waals surface area contributed by atoms with Crippen molar-refractivity contribution in [3.63, 3.8) is 0 Å². The molecule has 1 aliphatic heterocycles. The van der Waals surface area contributed by atoms with Crippen molar-refractivity contribution in [2.24, 2.45) is 5.92 Å². The summed E-state index contributed by atoms with van der Waals surface area (Å²) in [4.78, 5) is 29.8. The minimum atomic E-state index is -3.93. The van der Waals surface area contributed by atoms with Crippen molar-refractivity contribution in [1.82, 2.24) is 15.1 Å². The van der Waals surface area contributed by atoms with Gasteiger partial charge in [-0.3, -0.25) is 9.52 Å². The first-order valence-electron chi connectivity index (χ1n) is 12.7. The Hall–Kier alpha value is -3.02. The highest BCUT2D eigenvalue weighted by molar-refractivity contribution is 7.92. The number of halogens is 1. The number of hydrogen-bond donors (Lipinski definition) is 2. The van der Waals surface area contributed by atoms with E-state index in [4.69, 9.17) is 21.1 Å². The van der Waals surface area contributed by atoms with Gasteiger partial charge >= 0.3 is 6.03 Å². The molecule has 1 heterocycles. The molecule has 12 heteroatoms. The largest absolute Gasteiger partial charge is 0.491 e. The molecule has 0 saturated carbocycles. The number of nitrogens with zero attached hydrogens (tertiary/aromatic N) is 2. The Bertz CT molecular complexity index is 1270. The van der Waals surface area contributed by atoms with Crippen LogP contribution in [0.5, 0.6) is 5.75 Å². The van der Waals surface area contributed by atoms with E-state index in [1.165, 1.54) is 41.3 Å². The maximum Gasteiger partial charge on any atom is 0.317 e. The predicted octanol–water partition coefficient (Wildman–Crippen LogP) is 4.06. The zero-order chi connectivity index (χ0) is 28.9. The summed E-state index contributed by atoms with van der Waals surface area (Å²) in [5.41, 5.74) is 0.381. The van der Waals surface area contributed by atoms with E-state index in [1.807, 2.05) is 27.7 Å². The van der Waals surface area contributed by atoms with E-state index in [9.17, 15) is 18.0 Å². The van der Waals surface area contributed by atoms with Gasteiger partial charge in [-0.1, -0.05) is 18.5 Å². The summed E-state index contributed by atoms with van der Waals surface area (Å²) in [6.07, 6.45) is -0.351. The average Bonchev–Trinajstić information content (AvgIpc) is 2.87. The van der Waals surface area contributed by atoms with E-state index in [1.54, 1.807) is 25.1 Å². The maximum atomic E-state index is 13.5. The van der Waals surface area contributed by atoms with Gasteiger partial charge in [0, 0.05) is 49.9 Å². The Morgan fingerprint density at radius 1 is 1.13 bits per heavy atom. The molecule has 0 aliphatic carbocycles. The molecule has 0 bridgehead atoms. The van der Waals surface area contributed by atoms with Crippen LogP contribution in [-0.2, 0) is 14.8 Å². The lowest BCUT2D eigenvalue weighted by molar-refractivity contribution is 0.0165. The van der Waals surface area contributed by atoms with Gasteiger partial charge in [0.25, 0.3) is 15.9 Å². The van der Waals surface area contributed by atoms with E-state index in [0.717, 1.165) is 0 Å². The van der Waals surface area contributed by atoms with Gasteiger partial charge in [-0.25, -0.2) is 13.2 Å². The zero-order valence-corrected chi connectivity index (χ0v) is 24.7. The van der Waals surface area contributed by atoms with Crippen molar-refractivity contribution in [3.8, 4) is 5.75 Å². The first-order valence-corrected chi connectivity index (χ1v) is 14.6. The van der Waals surface area contributed by atoms with Crippen LogP contribution in [-0.4, -0.2) is 82.2 Å². The highest BCUT2D eigenvalue weighted by Gasteiger charge is 2.31. The number of carbonyl (C=O) groups excluding carboxylic acids is 2. The summed E-state index contributed by atoms with van der Waals surface area (Å²) in [5, 5.41) is 3.36. The third kappa shape index (κ3) is 7.77. The number of sulfonamides is 1. The molecule has 10 nitrogen and oxygen atoms in total. The average molecular weight is 581 g/mol. The van der Waals surface area contributed by atoms with Gasteiger partial charge in [-0.15, -0.1) is 0 Å². The minimum Gasteiger partial charge on any atom is -0.491 e.